The topological polar surface area (TPSA) is 112 Å². The number of ether oxygens (including phenoxy) is 2. The molecule has 0 unspecified atom stereocenters. The molecular weight excluding hydrogens is 336 g/mol. The maximum absolute atomic E-state index is 11.0. The number of guanidine groups is 1. The van der Waals surface area contributed by atoms with Crippen LogP contribution in [0.1, 0.15) is 12.0 Å². The zero-order valence-electron chi connectivity index (χ0n) is 14.2. The molecule has 0 spiro atoms. The number of aliphatic imine (C=N–C) groups is 1. The van der Waals surface area contributed by atoms with E-state index in [2.05, 4.69) is 10.3 Å². The predicted octanol–water partition coefficient (Wildman–Crippen LogP) is 2.73. The van der Waals surface area contributed by atoms with Crippen molar-refractivity contribution >= 4 is 17.3 Å². The van der Waals surface area contributed by atoms with Crippen LogP contribution < -0.4 is 20.5 Å². The molecule has 0 saturated carbocycles. The highest BCUT2D eigenvalue weighted by Crippen LogP contribution is 2.32. The van der Waals surface area contributed by atoms with E-state index in [9.17, 15) is 10.1 Å². The van der Waals surface area contributed by atoms with Gasteiger partial charge in [0, 0.05) is 36.3 Å². The van der Waals surface area contributed by atoms with E-state index in [4.69, 9.17) is 15.2 Å². The number of hydrogen-bond acceptors (Lipinski definition) is 5. The number of nitro groups is 1. The van der Waals surface area contributed by atoms with Gasteiger partial charge in [0.25, 0.3) is 5.69 Å². The van der Waals surface area contributed by atoms with Crippen molar-refractivity contribution in [2.75, 3.05) is 25.1 Å². The van der Waals surface area contributed by atoms with Gasteiger partial charge >= 0.3 is 0 Å². The predicted molar refractivity (Wildman–Crippen MR) is 99.0 cm³/mol. The van der Waals surface area contributed by atoms with E-state index in [0.29, 0.717) is 43.2 Å². The quantitative estimate of drug-likeness (QED) is 0.369. The fraction of sp³-hybridized carbons (Fsp3) is 0.278. The number of nitrogens with one attached hydrogen (secondary N) is 1. The van der Waals surface area contributed by atoms with Crippen molar-refractivity contribution in [3.05, 3.63) is 58.1 Å². The lowest BCUT2D eigenvalue weighted by molar-refractivity contribution is -0.385. The number of nitrogens with two attached hydrogens (primary N) is 1. The third-order valence-electron chi connectivity index (χ3n) is 3.87. The van der Waals surface area contributed by atoms with E-state index in [1.165, 1.54) is 6.07 Å². The van der Waals surface area contributed by atoms with Crippen LogP contribution >= 0.6 is 0 Å². The number of fused-ring (bicyclic) bond motifs is 1. The zero-order chi connectivity index (χ0) is 18.4. The lowest BCUT2D eigenvalue weighted by Crippen LogP contribution is -2.23. The highest BCUT2D eigenvalue weighted by Gasteiger charge is 2.12. The van der Waals surface area contributed by atoms with Crippen molar-refractivity contribution in [1.82, 2.24) is 0 Å². The van der Waals surface area contributed by atoms with Crippen LogP contribution in [0.2, 0.25) is 0 Å². The van der Waals surface area contributed by atoms with Crippen molar-refractivity contribution in [1.29, 1.82) is 0 Å². The maximum Gasteiger partial charge on any atom is 0.272 e. The van der Waals surface area contributed by atoms with Gasteiger partial charge in [-0.3, -0.25) is 15.1 Å². The fourth-order valence-electron chi connectivity index (χ4n) is 2.63. The molecule has 3 rings (SSSR count). The highest BCUT2D eigenvalue weighted by molar-refractivity contribution is 5.92. The van der Waals surface area contributed by atoms with Crippen LogP contribution in [-0.2, 0) is 6.42 Å². The van der Waals surface area contributed by atoms with Crippen LogP contribution in [0.3, 0.4) is 0 Å². The third kappa shape index (κ3) is 4.41. The molecule has 2 aromatic carbocycles. The largest absolute Gasteiger partial charge is 0.490 e. The molecule has 26 heavy (non-hydrogen) atoms. The van der Waals surface area contributed by atoms with Crippen LogP contribution in [0.4, 0.5) is 11.4 Å². The van der Waals surface area contributed by atoms with Gasteiger partial charge in [-0.05, 0) is 18.6 Å². The summed E-state index contributed by atoms with van der Waals surface area (Å²) in [4.78, 5) is 14.9. The molecule has 0 saturated heterocycles. The molecule has 0 amide bonds. The number of anilines is 1. The van der Waals surface area contributed by atoms with Gasteiger partial charge in [-0.25, -0.2) is 0 Å². The van der Waals surface area contributed by atoms with Crippen molar-refractivity contribution in [3.63, 3.8) is 0 Å². The van der Waals surface area contributed by atoms with E-state index in [1.807, 2.05) is 18.2 Å². The van der Waals surface area contributed by atoms with Crippen molar-refractivity contribution in [2.24, 2.45) is 10.7 Å². The molecule has 2 aromatic rings. The average molecular weight is 356 g/mol. The number of rotatable bonds is 5. The number of nitro benzene ring substituents is 1. The Morgan fingerprint density at radius 3 is 2.77 bits per heavy atom. The Bertz CT molecular complexity index is 823. The Hall–Kier alpha value is -3.29. The lowest BCUT2D eigenvalue weighted by atomic mass is 10.1. The molecule has 136 valence electrons. The maximum atomic E-state index is 11.0. The summed E-state index contributed by atoms with van der Waals surface area (Å²) in [6, 6.07) is 12.1. The summed E-state index contributed by atoms with van der Waals surface area (Å²) in [6.07, 6.45) is 1.27. The van der Waals surface area contributed by atoms with Gasteiger partial charge in [0.1, 0.15) is 0 Å². The molecule has 0 radical (unpaired) electrons. The van der Waals surface area contributed by atoms with Crippen LogP contribution in [0.15, 0.2) is 47.5 Å². The van der Waals surface area contributed by atoms with E-state index < -0.39 is 4.92 Å². The van der Waals surface area contributed by atoms with Crippen molar-refractivity contribution in [2.45, 2.75) is 12.8 Å². The number of hydrogen-bond donors (Lipinski definition) is 2. The first-order valence-electron chi connectivity index (χ1n) is 8.32. The van der Waals surface area contributed by atoms with E-state index in [-0.39, 0.29) is 11.6 Å². The minimum atomic E-state index is -0.390. The summed E-state index contributed by atoms with van der Waals surface area (Å²) in [5.41, 5.74) is 7.37. The molecule has 8 nitrogen and oxygen atoms in total. The van der Waals surface area contributed by atoms with Gasteiger partial charge in [-0.2, -0.15) is 0 Å². The molecule has 8 heteroatoms. The standard InChI is InChI=1S/C18H20N4O4/c19-18(20-9-8-13-4-1-2-5-15(13)22(23)24)21-14-6-7-16-17(12-14)26-11-3-10-25-16/h1-2,4-7,12H,3,8-11H2,(H3,19,20,21). The number of para-hydroxylation sites is 1. The first-order chi connectivity index (χ1) is 12.6. The van der Waals surface area contributed by atoms with Crippen molar-refractivity contribution < 1.29 is 14.4 Å². The number of nitrogens with zero attached hydrogens (tertiary/aromatic N) is 2. The second-order valence-corrected chi connectivity index (χ2v) is 5.74. The molecule has 0 fully saturated rings. The summed E-state index contributed by atoms with van der Waals surface area (Å²) >= 11 is 0. The fourth-order valence-corrected chi connectivity index (χ4v) is 2.63. The van der Waals surface area contributed by atoms with E-state index >= 15 is 0 Å². The summed E-state index contributed by atoms with van der Waals surface area (Å²) < 4.78 is 11.2. The molecule has 1 heterocycles. The Kier molecular flexibility index (Phi) is 5.52. The average Bonchev–Trinajstić information content (AvgIpc) is 2.87. The van der Waals surface area contributed by atoms with Gasteiger partial charge in [-0.15, -0.1) is 0 Å². The van der Waals surface area contributed by atoms with Gasteiger partial charge in [0.2, 0.25) is 0 Å². The highest BCUT2D eigenvalue weighted by atomic mass is 16.6. The molecule has 3 N–H and O–H groups in total. The molecule has 0 aromatic heterocycles. The van der Waals surface area contributed by atoms with Crippen LogP contribution in [0, 0.1) is 10.1 Å². The van der Waals surface area contributed by atoms with Gasteiger partial charge in [0.15, 0.2) is 17.5 Å². The number of benzene rings is 2. The summed E-state index contributed by atoms with van der Waals surface area (Å²) in [6.45, 7) is 1.58. The summed E-state index contributed by atoms with van der Waals surface area (Å²) in [7, 11) is 0. The Labute approximate surface area is 150 Å². The van der Waals surface area contributed by atoms with Crippen LogP contribution in [-0.4, -0.2) is 30.6 Å². The second-order valence-electron chi connectivity index (χ2n) is 5.74. The smallest absolute Gasteiger partial charge is 0.272 e. The molecule has 1 aliphatic rings. The first kappa shape index (κ1) is 17.5. The molecule has 0 bridgehead atoms. The Morgan fingerprint density at radius 2 is 1.96 bits per heavy atom. The van der Waals surface area contributed by atoms with Gasteiger partial charge in [0.05, 0.1) is 18.1 Å². The van der Waals surface area contributed by atoms with E-state index in [0.717, 1.165) is 12.1 Å². The minimum Gasteiger partial charge on any atom is -0.490 e. The SMILES string of the molecule is NC(=NCCc1ccccc1[N+](=O)[O-])Nc1ccc2c(c1)OCCCO2. The van der Waals surface area contributed by atoms with Crippen molar-refractivity contribution in [3.8, 4) is 11.5 Å². The van der Waals surface area contributed by atoms with E-state index in [1.54, 1.807) is 18.2 Å². The summed E-state index contributed by atoms with van der Waals surface area (Å²) in [5, 5.41) is 14.0. The zero-order valence-corrected chi connectivity index (χ0v) is 14.2. The molecule has 1 aliphatic heterocycles. The van der Waals surface area contributed by atoms with Gasteiger partial charge in [-0.1, -0.05) is 18.2 Å². The molecular formula is C18H20N4O4. The minimum absolute atomic E-state index is 0.0946. The first-order valence-corrected chi connectivity index (χ1v) is 8.32. The Morgan fingerprint density at radius 1 is 1.19 bits per heavy atom. The van der Waals surface area contributed by atoms with Crippen LogP contribution in [0.5, 0.6) is 11.5 Å². The lowest BCUT2D eigenvalue weighted by Gasteiger charge is -2.10. The summed E-state index contributed by atoms with van der Waals surface area (Å²) in [5.74, 6) is 1.61. The monoisotopic (exact) mass is 356 g/mol. The molecule has 0 atom stereocenters. The molecule has 0 aliphatic carbocycles. The normalized spacial score (nSPS) is 13.8. The second kappa shape index (κ2) is 8.19. The Balaban J connectivity index is 1.61. The van der Waals surface area contributed by atoms with Gasteiger partial charge < -0.3 is 20.5 Å². The van der Waals surface area contributed by atoms with Crippen LogP contribution in [0.25, 0.3) is 0 Å². The third-order valence-corrected chi connectivity index (χ3v) is 3.87.